The third-order valence-electron chi connectivity index (χ3n) is 6.84. The monoisotopic (exact) mass is 517 g/mol. The zero-order valence-electron chi connectivity index (χ0n) is 20.2. The number of hydrogen-bond acceptors (Lipinski definition) is 5. The number of rotatable bonds is 7. The average Bonchev–Trinajstić information content (AvgIpc) is 3.41. The van der Waals surface area contributed by atoms with Crippen LogP contribution in [0.15, 0.2) is 30.3 Å². The Morgan fingerprint density at radius 1 is 1.09 bits per heavy atom. The number of halogens is 2. The molecule has 0 saturated carbocycles. The molecule has 0 radical (unpaired) electrons. The summed E-state index contributed by atoms with van der Waals surface area (Å²) in [6.45, 7) is 7.09. The Morgan fingerprint density at radius 2 is 1.83 bits per heavy atom. The van der Waals surface area contributed by atoms with E-state index in [0.29, 0.717) is 23.7 Å². The van der Waals surface area contributed by atoms with Crippen molar-refractivity contribution in [1.29, 1.82) is 0 Å². The van der Waals surface area contributed by atoms with Gasteiger partial charge >= 0.3 is 0 Å². The largest absolute Gasteiger partial charge is 0.395 e. The van der Waals surface area contributed by atoms with Gasteiger partial charge in [-0.05, 0) is 49.5 Å². The van der Waals surface area contributed by atoms with E-state index in [4.69, 9.17) is 16.7 Å². The highest BCUT2D eigenvalue weighted by Crippen LogP contribution is 2.37. The standard InChI is InChI=1S/C26H32ClN5O2.ClH/c1-30(2)16-19-12-20(24-21(25(19)27)14-28-26(24)34)23-13-18-11-17(3-4-22(18)29-23)15-32-7-5-31(6-8-32)9-10-33;/h3-4,11-13,29,33H,5-10,14-16H2,1-2H3,(H,28,34);1H. The van der Waals surface area contributed by atoms with Crippen LogP contribution >= 0.6 is 24.0 Å². The van der Waals surface area contributed by atoms with Crippen molar-refractivity contribution >= 4 is 40.8 Å². The molecule has 35 heavy (non-hydrogen) atoms. The maximum absolute atomic E-state index is 12.7. The zero-order chi connectivity index (χ0) is 23.8. The van der Waals surface area contributed by atoms with Crippen LogP contribution in [-0.2, 0) is 19.6 Å². The minimum Gasteiger partial charge on any atom is -0.395 e. The molecule has 3 aromatic rings. The Morgan fingerprint density at radius 3 is 2.54 bits per heavy atom. The van der Waals surface area contributed by atoms with E-state index < -0.39 is 0 Å². The minimum atomic E-state index is -0.0667. The van der Waals surface area contributed by atoms with E-state index in [2.05, 4.69) is 55.3 Å². The van der Waals surface area contributed by atoms with Gasteiger partial charge in [-0.15, -0.1) is 12.4 Å². The van der Waals surface area contributed by atoms with Gasteiger partial charge in [-0.25, -0.2) is 0 Å². The lowest BCUT2D eigenvalue weighted by Crippen LogP contribution is -2.46. The molecule has 0 bridgehead atoms. The summed E-state index contributed by atoms with van der Waals surface area (Å²) in [5.41, 5.74) is 6.78. The van der Waals surface area contributed by atoms with E-state index in [0.717, 1.165) is 72.6 Å². The smallest absolute Gasteiger partial charge is 0.252 e. The van der Waals surface area contributed by atoms with E-state index in [9.17, 15) is 4.79 Å². The number of benzene rings is 2. The number of aliphatic hydroxyl groups is 1. The third kappa shape index (κ3) is 5.35. The number of amides is 1. The molecule has 0 unspecified atom stereocenters. The number of carbonyl (C=O) groups excluding carboxylic acids is 1. The summed E-state index contributed by atoms with van der Waals surface area (Å²) in [6.07, 6.45) is 0. The second kappa shape index (κ2) is 10.9. The molecule has 3 heterocycles. The Labute approximate surface area is 217 Å². The second-order valence-corrected chi connectivity index (χ2v) is 10.00. The number of aromatic amines is 1. The Bertz CT molecular complexity index is 1220. The molecule has 1 amide bonds. The van der Waals surface area contributed by atoms with Crippen molar-refractivity contribution in [3.05, 3.63) is 57.6 Å². The predicted molar refractivity (Wildman–Crippen MR) is 143 cm³/mol. The fraction of sp³-hybridized carbons (Fsp3) is 0.423. The van der Waals surface area contributed by atoms with Crippen LogP contribution in [-0.4, -0.2) is 84.1 Å². The minimum absolute atomic E-state index is 0. The first-order chi connectivity index (χ1) is 16.4. The van der Waals surface area contributed by atoms with Gasteiger partial charge in [0.05, 0.1) is 17.2 Å². The highest BCUT2D eigenvalue weighted by molar-refractivity contribution is 6.33. The van der Waals surface area contributed by atoms with Crippen molar-refractivity contribution in [3.63, 3.8) is 0 Å². The number of H-pyrrole nitrogens is 1. The quantitative estimate of drug-likeness (QED) is 0.448. The summed E-state index contributed by atoms with van der Waals surface area (Å²) in [5.74, 6) is -0.0667. The van der Waals surface area contributed by atoms with Crippen molar-refractivity contribution in [1.82, 2.24) is 25.0 Å². The van der Waals surface area contributed by atoms with Crippen LogP contribution < -0.4 is 5.32 Å². The van der Waals surface area contributed by atoms with Crippen LogP contribution in [0.3, 0.4) is 0 Å². The van der Waals surface area contributed by atoms with Crippen molar-refractivity contribution in [2.45, 2.75) is 19.6 Å². The molecule has 0 atom stereocenters. The van der Waals surface area contributed by atoms with E-state index in [-0.39, 0.29) is 24.9 Å². The fourth-order valence-corrected chi connectivity index (χ4v) is 5.40. The number of piperazine rings is 1. The number of aromatic nitrogens is 1. The summed E-state index contributed by atoms with van der Waals surface area (Å²) in [7, 11) is 4.03. The Balaban J connectivity index is 0.00000289. The van der Waals surface area contributed by atoms with Crippen molar-refractivity contribution < 1.29 is 9.90 Å². The highest BCUT2D eigenvalue weighted by atomic mass is 35.5. The van der Waals surface area contributed by atoms with Crippen molar-refractivity contribution in [2.75, 3.05) is 53.4 Å². The van der Waals surface area contributed by atoms with Gasteiger partial charge in [0.1, 0.15) is 0 Å². The lowest BCUT2D eigenvalue weighted by molar-refractivity contribution is 0.0966. The van der Waals surface area contributed by atoms with Gasteiger partial charge in [0.15, 0.2) is 0 Å². The number of nitrogens with zero attached hydrogens (tertiary/aromatic N) is 3. The van der Waals surface area contributed by atoms with Crippen LogP contribution in [0.1, 0.15) is 27.0 Å². The van der Waals surface area contributed by atoms with Crippen LogP contribution in [0.25, 0.3) is 22.2 Å². The number of hydrogen-bond donors (Lipinski definition) is 3. The molecule has 3 N–H and O–H groups in total. The van der Waals surface area contributed by atoms with E-state index in [1.807, 2.05) is 14.1 Å². The first-order valence-electron chi connectivity index (χ1n) is 11.9. The molecule has 7 nitrogen and oxygen atoms in total. The Hall–Kier alpha value is -2.13. The number of β-amino-alcohol motifs (C(OH)–C–C–N with tert-alkyl or cyclic N) is 1. The molecule has 2 aliphatic heterocycles. The van der Waals surface area contributed by atoms with Crippen LogP contribution in [0, 0.1) is 0 Å². The number of aliphatic hydroxyl groups excluding tert-OH is 1. The molecule has 5 rings (SSSR count). The summed E-state index contributed by atoms with van der Waals surface area (Å²) >= 11 is 6.69. The molecule has 9 heteroatoms. The summed E-state index contributed by atoms with van der Waals surface area (Å²) < 4.78 is 0. The maximum atomic E-state index is 12.7. The predicted octanol–water partition coefficient (Wildman–Crippen LogP) is 3.33. The molecule has 1 fully saturated rings. The molecule has 0 spiro atoms. The second-order valence-electron chi connectivity index (χ2n) is 9.62. The molecule has 2 aromatic carbocycles. The average molecular weight is 518 g/mol. The van der Waals surface area contributed by atoms with Gasteiger partial charge in [-0.2, -0.15) is 0 Å². The molecule has 188 valence electrons. The number of fused-ring (bicyclic) bond motifs is 2. The summed E-state index contributed by atoms with van der Waals surface area (Å²) in [5, 5.41) is 13.9. The lowest BCUT2D eigenvalue weighted by Gasteiger charge is -2.34. The van der Waals surface area contributed by atoms with Gasteiger partial charge in [0.2, 0.25) is 0 Å². The van der Waals surface area contributed by atoms with Gasteiger partial charge in [-0.1, -0.05) is 17.7 Å². The van der Waals surface area contributed by atoms with E-state index in [1.165, 1.54) is 5.56 Å². The van der Waals surface area contributed by atoms with Gasteiger partial charge in [-0.3, -0.25) is 14.6 Å². The summed E-state index contributed by atoms with van der Waals surface area (Å²) in [4.78, 5) is 23.1. The van der Waals surface area contributed by atoms with E-state index >= 15 is 0 Å². The molecule has 2 aliphatic rings. The first kappa shape index (κ1) is 25.9. The molecule has 1 saturated heterocycles. The molecule has 0 aliphatic carbocycles. The summed E-state index contributed by atoms with van der Waals surface area (Å²) in [6, 6.07) is 10.8. The molecular formula is C26H33Cl2N5O2. The fourth-order valence-electron chi connectivity index (χ4n) is 5.12. The normalized spacial score (nSPS) is 16.5. The lowest BCUT2D eigenvalue weighted by atomic mass is 9.96. The molecular weight excluding hydrogens is 485 g/mol. The van der Waals surface area contributed by atoms with Crippen molar-refractivity contribution in [3.8, 4) is 11.3 Å². The topological polar surface area (TPSA) is 74.8 Å². The van der Waals surface area contributed by atoms with Crippen LogP contribution in [0.5, 0.6) is 0 Å². The van der Waals surface area contributed by atoms with Gasteiger partial charge < -0.3 is 20.3 Å². The third-order valence-corrected chi connectivity index (χ3v) is 7.31. The Kier molecular flexibility index (Phi) is 8.06. The van der Waals surface area contributed by atoms with Gasteiger partial charge in [0.25, 0.3) is 5.91 Å². The van der Waals surface area contributed by atoms with Crippen molar-refractivity contribution in [2.24, 2.45) is 0 Å². The maximum Gasteiger partial charge on any atom is 0.252 e. The first-order valence-corrected chi connectivity index (χ1v) is 12.3. The number of carbonyl (C=O) groups is 1. The van der Waals surface area contributed by atoms with Crippen LogP contribution in [0.2, 0.25) is 5.02 Å². The SMILES string of the molecule is CN(C)Cc1cc(-c2cc3cc(CN4CCN(CCO)CC4)ccc3[nH]2)c2c(c1Cl)CNC2=O.Cl. The van der Waals surface area contributed by atoms with E-state index in [1.54, 1.807) is 0 Å². The van der Waals surface area contributed by atoms with Gasteiger partial charge in [0, 0.05) is 80.1 Å². The highest BCUT2D eigenvalue weighted by Gasteiger charge is 2.28. The number of nitrogens with one attached hydrogen (secondary N) is 2. The molecule has 1 aromatic heterocycles. The zero-order valence-corrected chi connectivity index (χ0v) is 21.8. The van der Waals surface area contributed by atoms with Crippen LogP contribution in [0.4, 0.5) is 0 Å².